The third-order valence-corrected chi connectivity index (χ3v) is 4.59. The van der Waals surface area contributed by atoms with Gasteiger partial charge in [0.25, 0.3) is 5.69 Å². The van der Waals surface area contributed by atoms with Crippen LogP contribution in [0.15, 0.2) is 53.4 Å². The fourth-order valence-corrected chi connectivity index (χ4v) is 3.35. The van der Waals surface area contributed by atoms with E-state index in [0.29, 0.717) is 0 Å². The number of nitro benzene ring substituents is 1. The summed E-state index contributed by atoms with van der Waals surface area (Å²) in [6, 6.07) is 8.07. The summed E-state index contributed by atoms with van der Waals surface area (Å²) in [6.07, 6.45) is 0. The van der Waals surface area contributed by atoms with Crippen LogP contribution in [0.3, 0.4) is 0 Å². The van der Waals surface area contributed by atoms with Gasteiger partial charge < -0.3 is 0 Å². The van der Waals surface area contributed by atoms with Crippen molar-refractivity contribution in [2.45, 2.75) is 10.9 Å². The third-order valence-electron chi connectivity index (χ3n) is 3.08. The van der Waals surface area contributed by atoms with Crippen LogP contribution < -0.4 is 4.72 Å². The molecule has 23 heavy (non-hydrogen) atoms. The second-order valence-corrected chi connectivity index (χ2v) is 6.29. The average Bonchev–Trinajstić information content (AvgIpc) is 2.53. The van der Waals surface area contributed by atoms with Gasteiger partial charge in [-0.2, -0.15) is 0 Å². The SMILES string of the molecule is O=[N+]([O-])c1ccccc1S(=O)(=O)NC(CF)c1ccc(F)cc1. The number of alkyl halides is 1. The van der Waals surface area contributed by atoms with Crippen LogP contribution in [0.1, 0.15) is 11.6 Å². The number of para-hydroxylation sites is 1. The molecule has 2 aromatic carbocycles. The molecule has 0 amide bonds. The molecule has 2 rings (SSSR count). The normalized spacial score (nSPS) is 12.8. The van der Waals surface area contributed by atoms with E-state index in [9.17, 15) is 27.3 Å². The first kappa shape index (κ1) is 17.0. The van der Waals surface area contributed by atoms with E-state index in [4.69, 9.17) is 0 Å². The van der Waals surface area contributed by atoms with Crippen molar-refractivity contribution in [2.75, 3.05) is 6.67 Å². The molecule has 0 aromatic heterocycles. The predicted octanol–water partition coefficient (Wildman–Crippen LogP) is 2.72. The van der Waals surface area contributed by atoms with Gasteiger partial charge in [-0.05, 0) is 23.8 Å². The lowest BCUT2D eigenvalue weighted by molar-refractivity contribution is -0.387. The summed E-state index contributed by atoms with van der Waals surface area (Å²) < 4.78 is 52.8. The Hall–Kier alpha value is -2.39. The van der Waals surface area contributed by atoms with Crippen LogP contribution in [-0.2, 0) is 10.0 Å². The number of rotatable bonds is 6. The molecule has 1 unspecified atom stereocenters. The van der Waals surface area contributed by atoms with E-state index in [1.165, 1.54) is 24.3 Å². The van der Waals surface area contributed by atoms with E-state index < -0.39 is 44.1 Å². The number of halogens is 2. The second-order valence-electron chi connectivity index (χ2n) is 4.60. The first-order chi connectivity index (χ1) is 10.8. The smallest absolute Gasteiger partial charge is 0.258 e. The first-order valence-corrected chi connectivity index (χ1v) is 7.90. The molecule has 0 aliphatic carbocycles. The molecule has 0 aliphatic heterocycles. The van der Waals surface area contributed by atoms with Gasteiger partial charge in [0.2, 0.25) is 10.0 Å². The van der Waals surface area contributed by atoms with Crippen LogP contribution in [-0.4, -0.2) is 20.0 Å². The Morgan fingerprint density at radius 3 is 2.30 bits per heavy atom. The molecule has 0 aliphatic rings. The number of nitrogens with zero attached hydrogens (tertiary/aromatic N) is 1. The molecule has 0 heterocycles. The maximum atomic E-state index is 13.2. The minimum Gasteiger partial charge on any atom is -0.258 e. The largest absolute Gasteiger partial charge is 0.289 e. The molecule has 0 fully saturated rings. The van der Waals surface area contributed by atoms with Gasteiger partial charge >= 0.3 is 0 Å². The highest BCUT2D eigenvalue weighted by Gasteiger charge is 2.28. The molecule has 0 spiro atoms. The zero-order valence-electron chi connectivity index (χ0n) is 11.6. The first-order valence-electron chi connectivity index (χ1n) is 6.42. The Labute approximate surface area is 131 Å². The molecule has 0 saturated carbocycles. The summed E-state index contributed by atoms with van der Waals surface area (Å²) in [5.74, 6) is -0.548. The molecule has 0 saturated heterocycles. The van der Waals surface area contributed by atoms with Crippen LogP contribution >= 0.6 is 0 Å². The molecule has 2 aromatic rings. The molecule has 122 valence electrons. The molecular formula is C14H12F2N2O4S. The Bertz CT molecular complexity index is 810. The van der Waals surface area contributed by atoms with Crippen molar-refractivity contribution in [1.29, 1.82) is 0 Å². The maximum absolute atomic E-state index is 13.2. The average molecular weight is 342 g/mol. The lowest BCUT2D eigenvalue weighted by Gasteiger charge is -2.16. The molecule has 1 N–H and O–H groups in total. The number of benzene rings is 2. The molecule has 6 nitrogen and oxygen atoms in total. The molecule has 0 radical (unpaired) electrons. The Morgan fingerprint density at radius 2 is 1.74 bits per heavy atom. The van der Waals surface area contributed by atoms with E-state index in [-0.39, 0.29) is 5.56 Å². The van der Waals surface area contributed by atoms with Crippen LogP contribution in [0.4, 0.5) is 14.5 Å². The van der Waals surface area contributed by atoms with Gasteiger partial charge in [0.15, 0.2) is 4.90 Å². The van der Waals surface area contributed by atoms with Crippen molar-refractivity contribution >= 4 is 15.7 Å². The summed E-state index contributed by atoms with van der Waals surface area (Å²) in [6.45, 7) is -1.09. The van der Waals surface area contributed by atoms with Crippen LogP contribution in [0.25, 0.3) is 0 Å². The van der Waals surface area contributed by atoms with Gasteiger partial charge in [-0.1, -0.05) is 24.3 Å². The zero-order chi connectivity index (χ0) is 17.0. The Morgan fingerprint density at radius 1 is 1.13 bits per heavy atom. The second kappa shape index (κ2) is 6.80. The van der Waals surface area contributed by atoms with Gasteiger partial charge in [0.05, 0.1) is 11.0 Å². The van der Waals surface area contributed by atoms with Crippen LogP contribution in [0.5, 0.6) is 0 Å². The Balaban J connectivity index is 2.36. The number of sulfonamides is 1. The minimum absolute atomic E-state index is 0.205. The van der Waals surface area contributed by atoms with Gasteiger partial charge in [-0.15, -0.1) is 0 Å². The summed E-state index contributed by atoms with van der Waals surface area (Å²) in [7, 11) is -4.33. The van der Waals surface area contributed by atoms with Crippen molar-refractivity contribution in [3.05, 3.63) is 70.0 Å². The molecular weight excluding hydrogens is 330 g/mol. The van der Waals surface area contributed by atoms with Gasteiger partial charge in [-0.25, -0.2) is 21.9 Å². The van der Waals surface area contributed by atoms with Crippen LogP contribution in [0, 0.1) is 15.9 Å². The molecule has 1 atom stereocenters. The summed E-state index contributed by atoms with van der Waals surface area (Å²) in [5.41, 5.74) is -0.409. The minimum atomic E-state index is -4.33. The van der Waals surface area contributed by atoms with Crippen molar-refractivity contribution in [1.82, 2.24) is 4.72 Å². The highest BCUT2D eigenvalue weighted by Crippen LogP contribution is 2.25. The maximum Gasteiger partial charge on any atom is 0.289 e. The highest BCUT2D eigenvalue weighted by molar-refractivity contribution is 7.89. The fourth-order valence-electron chi connectivity index (χ4n) is 1.97. The van der Waals surface area contributed by atoms with Gasteiger partial charge in [0, 0.05) is 6.07 Å². The van der Waals surface area contributed by atoms with Crippen molar-refractivity contribution < 1.29 is 22.1 Å². The fraction of sp³-hybridized carbons (Fsp3) is 0.143. The van der Waals surface area contributed by atoms with E-state index in [0.717, 1.165) is 24.3 Å². The summed E-state index contributed by atoms with van der Waals surface area (Å²) in [5, 5.41) is 10.9. The lowest BCUT2D eigenvalue weighted by Crippen LogP contribution is -2.30. The van der Waals surface area contributed by atoms with Crippen molar-refractivity contribution in [2.24, 2.45) is 0 Å². The monoisotopic (exact) mass is 342 g/mol. The van der Waals surface area contributed by atoms with E-state index in [1.807, 2.05) is 0 Å². The number of nitrogens with one attached hydrogen (secondary N) is 1. The number of hydrogen-bond donors (Lipinski definition) is 1. The number of hydrogen-bond acceptors (Lipinski definition) is 4. The van der Waals surface area contributed by atoms with Crippen LogP contribution in [0.2, 0.25) is 0 Å². The van der Waals surface area contributed by atoms with E-state index in [2.05, 4.69) is 4.72 Å². The van der Waals surface area contributed by atoms with E-state index >= 15 is 0 Å². The van der Waals surface area contributed by atoms with E-state index in [1.54, 1.807) is 0 Å². The van der Waals surface area contributed by atoms with Gasteiger partial charge in [0.1, 0.15) is 12.5 Å². The third kappa shape index (κ3) is 3.88. The molecule has 9 heteroatoms. The summed E-state index contributed by atoms with van der Waals surface area (Å²) >= 11 is 0. The topological polar surface area (TPSA) is 89.3 Å². The standard InChI is InChI=1S/C14H12F2N2O4S/c15-9-12(10-5-7-11(16)8-6-10)17-23(21,22)14-4-2-1-3-13(14)18(19)20/h1-8,12,17H,9H2. The predicted molar refractivity (Wildman–Crippen MR) is 78.5 cm³/mol. The Kier molecular flexibility index (Phi) is 5.02. The molecule has 0 bridgehead atoms. The van der Waals surface area contributed by atoms with Crippen molar-refractivity contribution in [3.8, 4) is 0 Å². The lowest BCUT2D eigenvalue weighted by atomic mass is 10.1. The van der Waals surface area contributed by atoms with Gasteiger partial charge in [-0.3, -0.25) is 10.1 Å². The number of nitro groups is 1. The highest BCUT2D eigenvalue weighted by atomic mass is 32.2. The van der Waals surface area contributed by atoms with Crippen molar-refractivity contribution in [3.63, 3.8) is 0 Å². The summed E-state index contributed by atoms with van der Waals surface area (Å²) in [4.78, 5) is 9.53. The zero-order valence-corrected chi connectivity index (χ0v) is 12.5. The quantitative estimate of drug-likeness (QED) is 0.646.